The van der Waals surface area contributed by atoms with E-state index in [0.717, 1.165) is 19.4 Å². The van der Waals surface area contributed by atoms with Gasteiger partial charge in [-0.1, -0.05) is 12.8 Å². The predicted molar refractivity (Wildman–Crippen MR) is 91.7 cm³/mol. The van der Waals surface area contributed by atoms with Crippen molar-refractivity contribution in [1.29, 1.82) is 0 Å². The van der Waals surface area contributed by atoms with Crippen molar-refractivity contribution < 1.29 is 17.9 Å². The molecule has 1 aliphatic carbocycles. The van der Waals surface area contributed by atoms with Crippen LogP contribution < -0.4 is 4.74 Å². The Kier molecular flexibility index (Phi) is 5.13. The molecule has 24 heavy (non-hydrogen) atoms. The summed E-state index contributed by atoms with van der Waals surface area (Å²) in [5.41, 5.74) is 0. The number of nitrogens with zero attached hydrogens (tertiary/aromatic N) is 1. The first kappa shape index (κ1) is 17.3. The van der Waals surface area contributed by atoms with Gasteiger partial charge in [-0.05, 0) is 55.9 Å². The zero-order valence-electron chi connectivity index (χ0n) is 14.1. The second kappa shape index (κ2) is 7.13. The number of piperidine rings is 1. The minimum Gasteiger partial charge on any atom is -0.484 e. The molecule has 1 saturated carbocycles. The highest BCUT2D eigenvalue weighted by molar-refractivity contribution is 7.90. The first-order valence-corrected chi connectivity index (χ1v) is 10.6. The SMILES string of the molecule is CS(=O)(=O)c1ccc(OCC(=O)N2CCCC3CCCCC32)cc1. The lowest BCUT2D eigenvalue weighted by Crippen LogP contribution is -2.51. The van der Waals surface area contributed by atoms with E-state index in [4.69, 9.17) is 4.74 Å². The number of amides is 1. The predicted octanol–water partition coefficient (Wildman–Crippen LogP) is 2.65. The summed E-state index contributed by atoms with van der Waals surface area (Å²) >= 11 is 0. The highest BCUT2D eigenvalue weighted by Gasteiger charge is 2.35. The van der Waals surface area contributed by atoms with Gasteiger partial charge in [-0.15, -0.1) is 0 Å². The normalized spacial score (nSPS) is 24.3. The van der Waals surface area contributed by atoms with Crippen LogP contribution in [0.25, 0.3) is 0 Å². The van der Waals surface area contributed by atoms with Gasteiger partial charge in [0.25, 0.3) is 5.91 Å². The second-order valence-corrected chi connectivity index (χ2v) is 8.89. The van der Waals surface area contributed by atoms with E-state index in [9.17, 15) is 13.2 Å². The van der Waals surface area contributed by atoms with Gasteiger partial charge in [0.1, 0.15) is 5.75 Å². The van der Waals surface area contributed by atoms with E-state index in [0.29, 0.717) is 17.7 Å². The summed E-state index contributed by atoms with van der Waals surface area (Å²) in [6.07, 6.45) is 8.33. The topological polar surface area (TPSA) is 63.7 Å². The van der Waals surface area contributed by atoms with Gasteiger partial charge < -0.3 is 9.64 Å². The first-order chi connectivity index (χ1) is 11.4. The summed E-state index contributed by atoms with van der Waals surface area (Å²) in [7, 11) is -3.21. The lowest BCUT2D eigenvalue weighted by atomic mass is 9.78. The molecule has 0 spiro atoms. The van der Waals surface area contributed by atoms with Crippen LogP contribution in [0.15, 0.2) is 29.2 Å². The molecule has 0 N–H and O–H groups in total. The van der Waals surface area contributed by atoms with Crippen LogP contribution in [-0.2, 0) is 14.6 Å². The summed E-state index contributed by atoms with van der Waals surface area (Å²) in [4.78, 5) is 14.8. The van der Waals surface area contributed by atoms with E-state index >= 15 is 0 Å². The molecule has 2 unspecified atom stereocenters. The summed E-state index contributed by atoms with van der Waals surface area (Å²) in [6, 6.07) is 6.60. The van der Waals surface area contributed by atoms with E-state index in [-0.39, 0.29) is 17.4 Å². The number of sulfone groups is 1. The number of benzene rings is 1. The van der Waals surface area contributed by atoms with Crippen molar-refractivity contribution in [3.63, 3.8) is 0 Å². The van der Waals surface area contributed by atoms with Gasteiger partial charge >= 0.3 is 0 Å². The fourth-order valence-corrected chi connectivity index (χ4v) is 4.58. The van der Waals surface area contributed by atoms with Crippen LogP contribution in [0.2, 0.25) is 0 Å². The summed E-state index contributed by atoms with van der Waals surface area (Å²) < 4.78 is 28.5. The van der Waals surface area contributed by atoms with Gasteiger partial charge in [-0.3, -0.25) is 4.79 Å². The molecule has 1 aliphatic heterocycles. The van der Waals surface area contributed by atoms with Crippen LogP contribution in [0.4, 0.5) is 0 Å². The molecule has 132 valence electrons. The van der Waals surface area contributed by atoms with Crippen molar-refractivity contribution in [2.24, 2.45) is 5.92 Å². The number of carbonyl (C=O) groups is 1. The largest absolute Gasteiger partial charge is 0.484 e. The minimum absolute atomic E-state index is 0.0153. The molecule has 1 aromatic carbocycles. The average Bonchev–Trinajstić information content (AvgIpc) is 2.59. The van der Waals surface area contributed by atoms with Crippen molar-refractivity contribution in [1.82, 2.24) is 4.90 Å². The Hall–Kier alpha value is -1.56. The van der Waals surface area contributed by atoms with Crippen molar-refractivity contribution in [2.45, 2.75) is 49.5 Å². The summed E-state index contributed by atoms with van der Waals surface area (Å²) in [5.74, 6) is 1.22. The van der Waals surface area contributed by atoms with E-state index in [1.165, 1.54) is 44.1 Å². The van der Waals surface area contributed by atoms with E-state index in [1.807, 2.05) is 4.90 Å². The van der Waals surface area contributed by atoms with Gasteiger partial charge in [0.2, 0.25) is 0 Å². The second-order valence-electron chi connectivity index (χ2n) is 6.87. The summed E-state index contributed by atoms with van der Waals surface area (Å²) in [6.45, 7) is 0.845. The Balaban J connectivity index is 1.58. The van der Waals surface area contributed by atoms with E-state index < -0.39 is 9.84 Å². The number of ether oxygens (including phenoxy) is 1. The molecule has 1 saturated heterocycles. The molecule has 5 nitrogen and oxygen atoms in total. The van der Waals surface area contributed by atoms with Gasteiger partial charge in [0.05, 0.1) is 4.90 Å². The van der Waals surface area contributed by atoms with Crippen LogP contribution in [-0.4, -0.2) is 44.7 Å². The van der Waals surface area contributed by atoms with Crippen molar-refractivity contribution in [3.05, 3.63) is 24.3 Å². The summed E-state index contributed by atoms with van der Waals surface area (Å²) in [5, 5.41) is 0. The van der Waals surface area contributed by atoms with Gasteiger partial charge in [-0.2, -0.15) is 0 Å². The number of likely N-dealkylation sites (tertiary alicyclic amines) is 1. The Labute approximate surface area is 143 Å². The van der Waals surface area contributed by atoms with Gasteiger partial charge in [0, 0.05) is 18.8 Å². The lowest BCUT2D eigenvalue weighted by molar-refractivity contribution is -0.139. The van der Waals surface area contributed by atoms with Crippen LogP contribution in [0.5, 0.6) is 5.75 Å². The Morgan fingerprint density at radius 3 is 2.50 bits per heavy atom. The molecular formula is C18H25NO4S. The van der Waals surface area contributed by atoms with Crippen LogP contribution >= 0.6 is 0 Å². The number of carbonyl (C=O) groups excluding carboxylic acids is 1. The van der Waals surface area contributed by atoms with E-state index in [1.54, 1.807) is 12.1 Å². The standard InChI is InChI=1S/C18H25NO4S/c1-24(21,22)16-10-8-15(9-11-16)23-13-18(20)19-12-4-6-14-5-2-3-7-17(14)19/h8-11,14,17H,2-7,12-13H2,1H3. The Bertz CT molecular complexity index is 681. The zero-order chi connectivity index (χ0) is 17.2. The Morgan fingerprint density at radius 1 is 1.12 bits per heavy atom. The van der Waals surface area contributed by atoms with Crippen LogP contribution in [0.3, 0.4) is 0 Å². The molecular weight excluding hydrogens is 326 g/mol. The number of hydrogen-bond acceptors (Lipinski definition) is 4. The molecule has 1 heterocycles. The van der Waals surface area contributed by atoms with Gasteiger partial charge in [0.15, 0.2) is 16.4 Å². The van der Waals surface area contributed by atoms with E-state index in [2.05, 4.69) is 0 Å². The quantitative estimate of drug-likeness (QED) is 0.836. The third kappa shape index (κ3) is 3.91. The lowest BCUT2D eigenvalue weighted by Gasteiger charge is -2.44. The smallest absolute Gasteiger partial charge is 0.260 e. The highest BCUT2D eigenvalue weighted by Crippen LogP contribution is 2.35. The maximum Gasteiger partial charge on any atom is 0.260 e. The third-order valence-corrected chi connectivity index (χ3v) is 6.31. The molecule has 0 radical (unpaired) electrons. The maximum atomic E-state index is 12.6. The maximum absolute atomic E-state index is 12.6. The number of rotatable bonds is 4. The minimum atomic E-state index is -3.21. The number of hydrogen-bond donors (Lipinski definition) is 0. The van der Waals surface area contributed by atoms with Crippen molar-refractivity contribution in [2.75, 3.05) is 19.4 Å². The fourth-order valence-electron chi connectivity index (χ4n) is 3.95. The average molecular weight is 351 g/mol. The highest BCUT2D eigenvalue weighted by atomic mass is 32.2. The molecule has 0 aromatic heterocycles. The first-order valence-electron chi connectivity index (χ1n) is 8.67. The molecule has 3 rings (SSSR count). The molecule has 2 atom stereocenters. The van der Waals surface area contributed by atoms with Crippen molar-refractivity contribution in [3.8, 4) is 5.75 Å². The van der Waals surface area contributed by atoms with Crippen molar-refractivity contribution >= 4 is 15.7 Å². The molecule has 0 bridgehead atoms. The number of fused-ring (bicyclic) bond motifs is 1. The molecule has 2 fully saturated rings. The molecule has 2 aliphatic rings. The molecule has 6 heteroatoms. The van der Waals surface area contributed by atoms with Crippen LogP contribution in [0, 0.1) is 5.92 Å². The molecule has 1 aromatic rings. The zero-order valence-corrected chi connectivity index (χ0v) is 14.9. The monoisotopic (exact) mass is 351 g/mol. The van der Waals surface area contributed by atoms with Gasteiger partial charge in [-0.25, -0.2) is 8.42 Å². The Morgan fingerprint density at radius 2 is 1.79 bits per heavy atom. The fraction of sp³-hybridized carbons (Fsp3) is 0.611. The molecule has 1 amide bonds. The van der Waals surface area contributed by atoms with Crippen LogP contribution in [0.1, 0.15) is 38.5 Å². The third-order valence-electron chi connectivity index (χ3n) is 5.18.